The Bertz CT molecular complexity index is 461. The van der Waals surface area contributed by atoms with Gasteiger partial charge in [0.25, 0.3) is 0 Å². The van der Waals surface area contributed by atoms with Crippen LogP contribution in [0.5, 0.6) is 0 Å². The third-order valence-corrected chi connectivity index (χ3v) is 5.29. The monoisotopic (exact) mass is 277 g/mol. The maximum atomic E-state index is 12.9. The summed E-state index contributed by atoms with van der Waals surface area (Å²) < 4.78 is 11.2. The highest BCUT2D eigenvalue weighted by atomic mass is 16.7. The van der Waals surface area contributed by atoms with Gasteiger partial charge in [0, 0.05) is 5.92 Å². The van der Waals surface area contributed by atoms with Crippen LogP contribution < -0.4 is 0 Å². The molecule has 0 aromatic heterocycles. The van der Waals surface area contributed by atoms with Crippen LogP contribution in [0.2, 0.25) is 0 Å². The summed E-state index contributed by atoms with van der Waals surface area (Å²) in [6.07, 6.45) is -0.533. The number of carbonyl (C=O) groups is 1. The summed E-state index contributed by atoms with van der Waals surface area (Å²) in [6.45, 7) is 12.9. The van der Waals surface area contributed by atoms with Crippen LogP contribution in [0.1, 0.15) is 27.7 Å². The van der Waals surface area contributed by atoms with Crippen molar-refractivity contribution >= 4 is 5.78 Å². The number of ketones is 1. The molecule has 1 aliphatic carbocycles. The fourth-order valence-electron chi connectivity index (χ4n) is 3.79. The summed E-state index contributed by atoms with van der Waals surface area (Å²) in [5.41, 5.74) is 0.141. The van der Waals surface area contributed by atoms with Crippen LogP contribution in [-0.4, -0.2) is 25.3 Å². The molecule has 0 bridgehead atoms. The van der Waals surface area contributed by atoms with E-state index in [0.717, 1.165) is 5.57 Å². The minimum atomic E-state index is -0.762. The second kappa shape index (κ2) is 5.31. The molecule has 5 atom stereocenters. The molecule has 110 valence electrons. The van der Waals surface area contributed by atoms with Crippen molar-refractivity contribution in [3.8, 4) is 6.07 Å². The Kier molecular flexibility index (Phi) is 4.04. The van der Waals surface area contributed by atoms with Gasteiger partial charge in [-0.05, 0) is 25.7 Å². The Hall–Kier alpha value is -1.18. The van der Waals surface area contributed by atoms with Crippen molar-refractivity contribution in [2.45, 2.75) is 34.0 Å². The number of hydrogen-bond donors (Lipinski definition) is 0. The Morgan fingerprint density at radius 3 is 2.40 bits per heavy atom. The van der Waals surface area contributed by atoms with Crippen molar-refractivity contribution < 1.29 is 14.3 Å². The molecule has 20 heavy (non-hydrogen) atoms. The van der Waals surface area contributed by atoms with Gasteiger partial charge in [0.2, 0.25) is 0 Å². The molecule has 0 unspecified atom stereocenters. The molecule has 4 nitrogen and oxygen atoms in total. The molecule has 0 amide bonds. The number of nitriles is 1. The average Bonchev–Trinajstić information content (AvgIpc) is 2.94. The van der Waals surface area contributed by atoms with E-state index in [2.05, 4.69) is 26.5 Å². The lowest BCUT2D eigenvalue weighted by molar-refractivity contribution is -0.185. The molecule has 1 saturated carbocycles. The van der Waals surface area contributed by atoms with Crippen molar-refractivity contribution in [3.63, 3.8) is 0 Å². The van der Waals surface area contributed by atoms with E-state index in [9.17, 15) is 10.1 Å². The Balaban J connectivity index is 2.43. The van der Waals surface area contributed by atoms with Gasteiger partial charge in [0.15, 0.2) is 12.1 Å². The second-order valence-corrected chi connectivity index (χ2v) is 6.35. The molecule has 2 fully saturated rings. The van der Waals surface area contributed by atoms with Crippen molar-refractivity contribution in [1.29, 1.82) is 5.26 Å². The standard InChI is InChI=1S/C16H23NO3/c1-9(2)13-10(3)11(4)16(5,14(18)12(13)8-17)15-19-6-7-20-15/h10-13,15H,1,6-7H2,2-5H3/t10-,11+,12+,13+,16-/m0/s1. The van der Waals surface area contributed by atoms with E-state index in [0.29, 0.717) is 13.2 Å². The highest BCUT2D eigenvalue weighted by Crippen LogP contribution is 2.52. The summed E-state index contributed by atoms with van der Waals surface area (Å²) in [5.74, 6) is -0.545. The van der Waals surface area contributed by atoms with Crippen LogP contribution in [0.15, 0.2) is 12.2 Å². The Labute approximate surface area is 120 Å². The van der Waals surface area contributed by atoms with Crippen molar-refractivity contribution in [2.24, 2.45) is 29.1 Å². The minimum absolute atomic E-state index is 0.0644. The first-order valence-corrected chi connectivity index (χ1v) is 7.18. The highest BCUT2D eigenvalue weighted by molar-refractivity contribution is 5.91. The lowest BCUT2D eigenvalue weighted by Gasteiger charge is -2.49. The molecule has 1 heterocycles. The third kappa shape index (κ3) is 2.01. The first-order valence-electron chi connectivity index (χ1n) is 7.18. The van der Waals surface area contributed by atoms with E-state index in [1.54, 1.807) is 0 Å². The molecule has 1 aliphatic heterocycles. The largest absolute Gasteiger partial charge is 0.349 e. The van der Waals surface area contributed by atoms with Gasteiger partial charge in [-0.2, -0.15) is 5.26 Å². The maximum absolute atomic E-state index is 12.9. The molecule has 0 aromatic carbocycles. The van der Waals surface area contributed by atoms with Gasteiger partial charge in [-0.25, -0.2) is 0 Å². The summed E-state index contributed by atoms with van der Waals surface area (Å²) >= 11 is 0. The van der Waals surface area contributed by atoms with E-state index >= 15 is 0 Å². The van der Waals surface area contributed by atoms with Gasteiger partial charge < -0.3 is 9.47 Å². The number of nitrogens with zero attached hydrogens (tertiary/aromatic N) is 1. The molecule has 4 heteroatoms. The molecule has 0 radical (unpaired) electrons. The smallest absolute Gasteiger partial charge is 0.170 e. The number of carbonyl (C=O) groups excluding carboxylic acids is 1. The summed E-state index contributed by atoms with van der Waals surface area (Å²) in [4.78, 5) is 12.9. The number of Topliss-reactive ketones (excluding diaryl/α,β-unsaturated/α-hetero) is 1. The van der Waals surface area contributed by atoms with Crippen molar-refractivity contribution in [1.82, 2.24) is 0 Å². The molecule has 1 saturated heterocycles. The lowest BCUT2D eigenvalue weighted by atomic mass is 9.54. The summed E-state index contributed by atoms with van der Waals surface area (Å²) in [5, 5.41) is 9.47. The number of ether oxygens (including phenoxy) is 2. The van der Waals surface area contributed by atoms with Gasteiger partial charge in [-0.15, -0.1) is 0 Å². The van der Waals surface area contributed by atoms with E-state index < -0.39 is 17.6 Å². The number of rotatable bonds is 2. The maximum Gasteiger partial charge on any atom is 0.170 e. The average molecular weight is 277 g/mol. The van der Waals surface area contributed by atoms with E-state index in [4.69, 9.17) is 9.47 Å². The highest BCUT2D eigenvalue weighted by Gasteiger charge is 2.58. The molecule has 0 N–H and O–H groups in total. The normalized spacial score (nSPS) is 42.5. The number of allylic oxidation sites excluding steroid dienone is 1. The van der Waals surface area contributed by atoms with Crippen LogP contribution >= 0.6 is 0 Å². The van der Waals surface area contributed by atoms with E-state index in [1.807, 2.05) is 13.8 Å². The van der Waals surface area contributed by atoms with Gasteiger partial charge >= 0.3 is 0 Å². The number of hydrogen-bond acceptors (Lipinski definition) is 4. The quantitative estimate of drug-likeness (QED) is 0.728. The van der Waals surface area contributed by atoms with Gasteiger partial charge in [-0.1, -0.05) is 26.0 Å². The topological polar surface area (TPSA) is 59.3 Å². The predicted octanol–water partition coefficient (Wildman–Crippen LogP) is 2.55. The SMILES string of the molecule is C=C(C)[C@@H]1[C@@H](C)[C@@H](C)[C@](C)(C2OCCO2)C(=O)[C@@H]1C#N. The van der Waals surface area contributed by atoms with E-state index in [-0.39, 0.29) is 23.5 Å². The zero-order valence-corrected chi connectivity index (χ0v) is 12.7. The fraction of sp³-hybridized carbons (Fsp3) is 0.750. The van der Waals surface area contributed by atoms with Gasteiger partial charge in [0.05, 0.1) is 24.7 Å². The second-order valence-electron chi connectivity index (χ2n) is 6.35. The minimum Gasteiger partial charge on any atom is -0.349 e. The van der Waals surface area contributed by atoms with Crippen LogP contribution in [0.25, 0.3) is 0 Å². The molecule has 2 aliphatic rings. The first-order chi connectivity index (χ1) is 9.35. The zero-order chi connectivity index (χ0) is 15.1. The molecular weight excluding hydrogens is 254 g/mol. The molecule has 0 aromatic rings. The van der Waals surface area contributed by atoms with E-state index in [1.165, 1.54) is 0 Å². The third-order valence-electron chi connectivity index (χ3n) is 5.29. The predicted molar refractivity (Wildman–Crippen MR) is 74.5 cm³/mol. The van der Waals surface area contributed by atoms with Gasteiger partial charge in [0.1, 0.15) is 5.92 Å². The van der Waals surface area contributed by atoms with Crippen LogP contribution in [0.3, 0.4) is 0 Å². The summed E-state index contributed by atoms with van der Waals surface area (Å²) in [6, 6.07) is 2.19. The van der Waals surface area contributed by atoms with Crippen molar-refractivity contribution in [2.75, 3.05) is 13.2 Å². The molecule has 2 rings (SSSR count). The van der Waals surface area contributed by atoms with Crippen LogP contribution in [-0.2, 0) is 14.3 Å². The Morgan fingerprint density at radius 2 is 1.95 bits per heavy atom. The van der Waals surface area contributed by atoms with Gasteiger partial charge in [-0.3, -0.25) is 4.79 Å². The van der Waals surface area contributed by atoms with Crippen LogP contribution in [0.4, 0.5) is 0 Å². The Morgan fingerprint density at radius 1 is 1.40 bits per heavy atom. The van der Waals surface area contributed by atoms with Crippen LogP contribution in [0, 0.1) is 40.4 Å². The first kappa shape index (κ1) is 15.2. The fourth-order valence-corrected chi connectivity index (χ4v) is 3.79. The molecule has 0 spiro atoms. The summed E-state index contributed by atoms with van der Waals surface area (Å²) in [7, 11) is 0. The molecular formula is C16H23NO3. The lowest BCUT2D eigenvalue weighted by Crippen LogP contribution is -2.57. The zero-order valence-electron chi connectivity index (χ0n) is 12.7. The van der Waals surface area contributed by atoms with Crippen molar-refractivity contribution in [3.05, 3.63) is 12.2 Å².